The number of aliphatic hydroxyl groups is 1. The molecule has 17 heavy (non-hydrogen) atoms. The molecule has 1 aliphatic rings. The minimum atomic E-state index is -0.264. The van der Waals surface area contributed by atoms with Crippen LogP contribution in [0.15, 0.2) is 0 Å². The molecule has 1 saturated heterocycles. The summed E-state index contributed by atoms with van der Waals surface area (Å²) in [6.45, 7) is 4.65. The van der Waals surface area contributed by atoms with E-state index in [9.17, 15) is 4.79 Å². The molecule has 1 heterocycles. The third-order valence-electron chi connectivity index (χ3n) is 3.30. The SMILES string of the molecule is CC(O)CCCNC(=O)CCC1CCCNC1. The Morgan fingerprint density at radius 1 is 1.59 bits per heavy atom. The molecule has 0 bridgehead atoms. The van der Waals surface area contributed by atoms with E-state index in [1.165, 1.54) is 12.8 Å². The lowest BCUT2D eigenvalue weighted by Gasteiger charge is -2.22. The molecule has 0 aliphatic carbocycles. The van der Waals surface area contributed by atoms with Crippen LogP contribution in [0.1, 0.15) is 45.4 Å². The van der Waals surface area contributed by atoms with Gasteiger partial charge in [-0.25, -0.2) is 0 Å². The highest BCUT2D eigenvalue weighted by Crippen LogP contribution is 2.15. The predicted octanol–water partition coefficient (Wildman–Crippen LogP) is 1.04. The van der Waals surface area contributed by atoms with Crippen molar-refractivity contribution in [1.82, 2.24) is 10.6 Å². The zero-order valence-electron chi connectivity index (χ0n) is 10.9. The van der Waals surface area contributed by atoms with Gasteiger partial charge in [0.15, 0.2) is 0 Å². The number of nitrogens with one attached hydrogen (secondary N) is 2. The summed E-state index contributed by atoms with van der Waals surface area (Å²) in [6, 6.07) is 0. The Morgan fingerprint density at radius 2 is 2.41 bits per heavy atom. The van der Waals surface area contributed by atoms with Crippen molar-refractivity contribution in [3.8, 4) is 0 Å². The minimum Gasteiger partial charge on any atom is -0.393 e. The molecule has 2 unspecified atom stereocenters. The lowest BCUT2D eigenvalue weighted by Crippen LogP contribution is -2.31. The Labute approximate surface area is 104 Å². The molecular weight excluding hydrogens is 216 g/mol. The first-order valence-corrected chi connectivity index (χ1v) is 6.84. The van der Waals surface area contributed by atoms with Gasteiger partial charge in [0.05, 0.1) is 6.10 Å². The number of hydrogen-bond donors (Lipinski definition) is 3. The topological polar surface area (TPSA) is 61.4 Å². The molecule has 1 aliphatic heterocycles. The van der Waals surface area contributed by atoms with Crippen LogP contribution in [-0.2, 0) is 4.79 Å². The molecule has 1 amide bonds. The van der Waals surface area contributed by atoms with Crippen molar-refractivity contribution in [3.63, 3.8) is 0 Å². The van der Waals surface area contributed by atoms with Gasteiger partial charge in [0.25, 0.3) is 0 Å². The van der Waals surface area contributed by atoms with Crippen LogP contribution in [0.3, 0.4) is 0 Å². The molecule has 0 saturated carbocycles. The van der Waals surface area contributed by atoms with Crippen molar-refractivity contribution < 1.29 is 9.90 Å². The highest BCUT2D eigenvalue weighted by molar-refractivity contribution is 5.75. The molecule has 100 valence electrons. The number of rotatable bonds is 7. The quantitative estimate of drug-likeness (QED) is 0.585. The number of amides is 1. The summed E-state index contributed by atoms with van der Waals surface area (Å²) >= 11 is 0. The van der Waals surface area contributed by atoms with Gasteiger partial charge >= 0.3 is 0 Å². The van der Waals surface area contributed by atoms with Crippen molar-refractivity contribution >= 4 is 5.91 Å². The lowest BCUT2D eigenvalue weighted by atomic mass is 9.94. The number of piperidine rings is 1. The Bertz CT molecular complexity index is 213. The third kappa shape index (κ3) is 7.34. The van der Waals surface area contributed by atoms with E-state index in [-0.39, 0.29) is 12.0 Å². The van der Waals surface area contributed by atoms with Crippen LogP contribution in [0, 0.1) is 5.92 Å². The number of hydrogen-bond acceptors (Lipinski definition) is 3. The van der Waals surface area contributed by atoms with E-state index in [4.69, 9.17) is 5.11 Å². The maximum absolute atomic E-state index is 11.5. The summed E-state index contributed by atoms with van der Waals surface area (Å²) in [4.78, 5) is 11.5. The molecule has 0 aromatic heterocycles. The van der Waals surface area contributed by atoms with Crippen LogP contribution in [0.5, 0.6) is 0 Å². The van der Waals surface area contributed by atoms with Crippen LogP contribution in [0.2, 0.25) is 0 Å². The molecule has 0 spiro atoms. The third-order valence-corrected chi connectivity index (χ3v) is 3.30. The molecule has 1 rings (SSSR count). The van der Waals surface area contributed by atoms with E-state index in [2.05, 4.69) is 10.6 Å². The van der Waals surface area contributed by atoms with Gasteiger partial charge < -0.3 is 15.7 Å². The van der Waals surface area contributed by atoms with Crippen LogP contribution < -0.4 is 10.6 Å². The fraction of sp³-hybridized carbons (Fsp3) is 0.923. The van der Waals surface area contributed by atoms with Crippen molar-refractivity contribution in [2.24, 2.45) is 5.92 Å². The molecular formula is C13H26N2O2. The van der Waals surface area contributed by atoms with E-state index in [1.807, 2.05) is 0 Å². The average Bonchev–Trinajstić information content (AvgIpc) is 2.33. The first-order chi connectivity index (χ1) is 8.18. The first kappa shape index (κ1) is 14.5. The fourth-order valence-corrected chi connectivity index (χ4v) is 2.22. The number of carbonyl (C=O) groups is 1. The van der Waals surface area contributed by atoms with Crippen molar-refractivity contribution in [3.05, 3.63) is 0 Å². The van der Waals surface area contributed by atoms with Crippen molar-refractivity contribution in [2.75, 3.05) is 19.6 Å². The Balaban J connectivity index is 1.96. The van der Waals surface area contributed by atoms with Gasteiger partial charge in [0.2, 0.25) is 5.91 Å². The van der Waals surface area contributed by atoms with Crippen LogP contribution >= 0.6 is 0 Å². The van der Waals surface area contributed by atoms with Crippen LogP contribution in [-0.4, -0.2) is 36.8 Å². The highest BCUT2D eigenvalue weighted by atomic mass is 16.3. The second kappa shape index (κ2) is 8.48. The Hall–Kier alpha value is -0.610. The monoisotopic (exact) mass is 242 g/mol. The molecule has 4 heteroatoms. The number of carbonyl (C=O) groups excluding carboxylic acids is 1. The Kier molecular flexibility index (Phi) is 7.21. The smallest absolute Gasteiger partial charge is 0.220 e. The largest absolute Gasteiger partial charge is 0.393 e. The summed E-state index contributed by atoms with van der Waals surface area (Å²) in [5.74, 6) is 0.827. The highest BCUT2D eigenvalue weighted by Gasteiger charge is 2.14. The van der Waals surface area contributed by atoms with Gasteiger partial charge in [-0.1, -0.05) is 0 Å². The molecule has 1 fully saturated rings. The molecule has 4 nitrogen and oxygen atoms in total. The van der Waals surface area contributed by atoms with E-state index in [1.54, 1.807) is 6.92 Å². The molecule has 0 radical (unpaired) electrons. The zero-order chi connectivity index (χ0) is 12.5. The maximum Gasteiger partial charge on any atom is 0.220 e. The summed E-state index contributed by atoms with van der Waals surface area (Å²) in [5.41, 5.74) is 0. The van der Waals surface area contributed by atoms with Gasteiger partial charge in [-0.05, 0) is 58.0 Å². The first-order valence-electron chi connectivity index (χ1n) is 6.84. The van der Waals surface area contributed by atoms with E-state index < -0.39 is 0 Å². The van der Waals surface area contributed by atoms with E-state index >= 15 is 0 Å². The zero-order valence-corrected chi connectivity index (χ0v) is 10.9. The molecule has 0 aromatic carbocycles. The fourth-order valence-electron chi connectivity index (χ4n) is 2.22. The second-order valence-corrected chi connectivity index (χ2v) is 5.09. The van der Waals surface area contributed by atoms with E-state index in [0.29, 0.717) is 18.9 Å². The van der Waals surface area contributed by atoms with Crippen molar-refractivity contribution in [1.29, 1.82) is 0 Å². The molecule has 0 aromatic rings. The minimum absolute atomic E-state index is 0.154. The predicted molar refractivity (Wildman–Crippen MR) is 68.8 cm³/mol. The van der Waals surface area contributed by atoms with Crippen molar-refractivity contribution in [2.45, 2.75) is 51.6 Å². The maximum atomic E-state index is 11.5. The average molecular weight is 242 g/mol. The van der Waals surface area contributed by atoms with Gasteiger partial charge in [-0.3, -0.25) is 4.79 Å². The normalized spacial score (nSPS) is 22.1. The lowest BCUT2D eigenvalue weighted by molar-refractivity contribution is -0.121. The number of aliphatic hydroxyl groups excluding tert-OH is 1. The Morgan fingerprint density at radius 3 is 3.06 bits per heavy atom. The van der Waals surface area contributed by atoms with E-state index in [0.717, 1.165) is 32.4 Å². The van der Waals surface area contributed by atoms with Gasteiger partial charge in [0, 0.05) is 13.0 Å². The van der Waals surface area contributed by atoms with Gasteiger partial charge in [-0.2, -0.15) is 0 Å². The van der Waals surface area contributed by atoms with Crippen LogP contribution in [0.25, 0.3) is 0 Å². The summed E-state index contributed by atoms with van der Waals surface area (Å²) in [7, 11) is 0. The molecule has 3 N–H and O–H groups in total. The standard InChI is InChI=1S/C13H26N2O2/c1-11(16)4-2-9-15-13(17)7-6-12-5-3-8-14-10-12/h11-12,14,16H,2-10H2,1H3,(H,15,17). The second-order valence-electron chi connectivity index (χ2n) is 5.09. The van der Waals surface area contributed by atoms with Gasteiger partial charge in [0.1, 0.15) is 0 Å². The van der Waals surface area contributed by atoms with Gasteiger partial charge in [-0.15, -0.1) is 0 Å². The molecule has 2 atom stereocenters. The van der Waals surface area contributed by atoms with Crippen LogP contribution in [0.4, 0.5) is 0 Å². The summed E-state index contributed by atoms with van der Waals surface area (Å²) in [5, 5.41) is 15.3. The summed E-state index contributed by atoms with van der Waals surface area (Å²) < 4.78 is 0. The summed E-state index contributed by atoms with van der Waals surface area (Å²) in [6.07, 6.45) is 5.47.